The molecule has 0 spiro atoms. The zero-order valence-electron chi connectivity index (χ0n) is 8.29. The van der Waals surface area contributed by atoms with Crippen LogP contribution in [0, 0.1) is 24.1 Å². The number of aryl methyl sites for hydroxylation is 1. The van der Waals surface area contributed by atoms with Gasteiger partial charge in [0.15, 0.2) is 0 Å². The van der Waals surface area contributed by atoms with Crippen molar-refractivity contribution in [2.75, 3.05) is 0 Å². The predicted molar refractivity (Wildman–Crippen MR) is 55.8 cm³/mol. The highest BCUT2D eigenvalue weighted by Gasteiger charge is 2.03. The molecule has 1 heterocycles. The van der Waals surface area contributed by atoms with Gasteiger partial charge in [0.25, 0.3) is 0 Å². The van der Waals surface area contributed by atoms with E-state index in [-0.39, 0.29) is 12.2 Å². The summed E-state index contributed by atoms with van der Waals surface area (Å²) < 4.78 is 12.9. The third-order valence-electron chi connectivity index (χ3n) is 2.32. The van der Waals surface area contributed by atoms with Crippen molar-refractivity contribution < 1.29 is 4.39 Å². The van der Waals surface area contributed by atoms with Gasteiger partial charge in [-0.3, -0.25) is 4.98 Å². The van der Waals surface area contributed by atoms with Crippen molar-refractivity contribution in [1.29, 1.82) is 5.26 Å². The molecule has 0 aliphatic carbocycles. The van der Waals surface area contributed by atoms with Crippen molar-refractivity contribution in [3.05, 3.63) is 41.3 Å². The highest BCUT2D eigenvalue weighted by atomic mass is 19.1. The summed E-state index contributed by atoms with van der Waals surface area (Å²) in [5, 5.41) is 9.51. The molecule has 74 valence electrons. The van der Waals surface area contributed by atoms with Crippen LogP contribution in [0.5, 0.6) is 0 Å². The SMILES string of the molecule is Cc1cc2ccc(F)cc2nc1CC#N. The monoisotopic (exact) mass is 200 g/mol. The molecule has 2 aromatic rings. The van der Waals surface area contributed by atoms with Crippen LogP contribution < -0.4 is 0 Å². The molecule has 0 saturated carbocycles. The van der Waals surface area contributed by atoms with Crippen LogP contribution in [0.2, 0.25) is 0 Å². The smallest absolute Gasteiger partial charge is 0.125 e. The summed E-state index contributed by atoms with van der Waals surface area (Å²) in [5.41, 5.74) is 2.29. The maximum absolute atomic E-state index is 12.9. The molecule has 0 atom stereocenters. The lowest BCUT2D eigenvalue weighted by molar-refractivity contribution is 0.629. The van der Waals surface area contributed by atoms with Crippen LogP contribution in [0.15, 0.2) is 24.3 Å². The number of hydrogen-bond donors (Lipinski definition) is 0. The lowest BCUT2D eigenvalue weighted by atomic mass is 10.1. The Morgan fingerprint density at radius 2 is 2.20 bits per heavy atom. The quantitative estimate of drug-likeness (QED) is 0.709. The van der Waals surface area contributed by atoms with Crippen LogP contribution in [-0.4, -0.2) is 4.98 Å². The summed E-state index contributed by atoms with van der Waals surface area (Å²) in [6, 6.07) is 8.46. The Hall–Kier alpha value is -1.95. The summed E-state index contributed by atoms with van der Waals surface area (Å²) in [6.07, 6.45) is 0.262. The van der Waals surface area contributed by atoms with E-state index in [1.807, 2.05) is 19.1 Å². The molecule has 2 nitrogen and oxygen atoms in total. The van der Waals surface area contributed by atoms with E-state index in [2.05, 4.69) is 4.98 Å². The number of nitrogens with zero attached hydrogens (tertiary/aromatic N) is 2. The third-order valence-corrected chi connectivity index (χ3v) is 2.32. The van der Waals surface area contributed by atoms with Gasteiger partial charge in [0.1, 0.15) is 5.82 Å². The Labute approximate surface area is 87.0 Å². The highest BCUT2D eigenvalue weighted by molar-refractivity contribution is 5.79. The molecule has 0 amide bonds. The van der Waals surface area contributed by atoms with Crippen molar-refractivity contribution in [3.63, 3.8) is 0 Å². The van der Waals surface area contributed by atoms with Gasteiger partial charge in [-0.1, -0.05) is 0 Å². The summed E-state index contributed by atoms with van der Waals surface area (Å²) >= 11 is 0. The van der Waals surface area contributed by atoms with Gasteiger partial charge in [-0.15, -0.1) is 0 Å². The van der Waals surface area contributed by atoms with Gasteiger partial charge in [0.2, 0.25) is 0 Å². The standard InChI is InChI=1S/C12H9FN2/c1-8-6-9-2-3-10(13)7-12(9)15-11(8)4-5-14/h2-3,6-7H,4H2,1H3. The van der Waals surface area contributed by atoms with Crippen molar-refractivity contribution in [1.82, 2.24) is 4.98 Å². The van der Waals surface area contributed by atoms with E-state index in [9.17, 15) is 4.39 Å². The van der Waals surface area contributed by atoms with Crippen LogP contribution in [0.4, 0.5) is 4.39 Å². The molecule has 2 rings (SSSR count). The molecule has 1 aromatic heterocycles. The molecule has 0 aliphatic heterocycles. The van der Waals surface area contributed by atoms with Crippen LogP contribution in [0.1, 0.15) is 11.3 Å². The van der Waals surface area contributed by atoms with Crippen molar-refractivity contribution in [2.24, 2.45) is 0 Å². The Morgan fingerprint density at radius 3 is 2.93 bits per heavy atom. The number of benzene rings is 1. The molecule has 0 saturated heterocycles. The van der Waals surface area contributed by atoms with Gasteiger partial charge >= 0.3 is 0 Å². The Bertz CT molecular complexity index is 555. The number of halogens is 1. The van der Waals surface area contributed by atoms with E-state index in [1.54, 1.807) is 6.07 Å². The molecule has 0 unspecified atom stereocenters. The largest absolute Gasteiger partial charge is 0.251 e. The van der Waals surface area contributed by atoms with E-state index in [1.165, 1.54) is 12.1 Å². The van der Waals surface area contributed by atoms with Crippen LogP contribution in [0.3, 0.4) is 0 Å². The second kappa shape index (κ2) is 3.66. The van der Waals surface area contributed by atoms with Gasteiger partial charge in [-0.2, -0.15) is 5.26 Å². The number of hydrogen-bond acceptors (Lipinski definition) is 2. The van der Waals surface area contributed by atoms with Crippen molar-refractivity contribution in [3.8, 4) is 6.07 Å². The van der Waals surface area contributed by atoms with E-state index < -0.39 is 0 Å². The molecule has 0 aliphatic rings. The molecule has 0 N–H and O–H groups in total. The molecule has 3 heteroatoms. The number of fused-ring (bicyclic) bond motifs is 1. The van der Waals surface area contributed by atoms with E-state index in [0.29, 0.717) is 5.52 Å². The topological polar surface area (TPSA) is 36.7 Å². The lowest BCUT2D eigenvalue weighted by Crippen LogP contribution is -1.94. The summed E-state index contributed by atoms with van der Waals surface area (Å²) in [4.78, 5) is 4.26. The first-order chi connectivity index (χ1) is 7.20. The maximum Gasteiger partial charge on any atom is 0.125 e. The second-order valence-corrected chi connectivity index (χ2v) is 3.42. The van der Waals surface area contributed by atoms with Crippen LogP contribution in [0.25, 0.3) is 10.9 Å². The first-order valence-corrected chi connectivity index (χ1v) is 4.63. The average molecular weight is 200 g/mol. The number of pyridine rings is 1. The van der Waals surface area contributed by atoms with Gasteiger partial charge in [-0.25, -0.2) is 4.39 Å². The fourth-order valence-corrected chi connectivity index (χ4v) is 1.54. The molecule has 0 bridgehead atoms. The molecular weight excluding hydrogens is 191 g/mol. The summed E-state index contributed by atoms with van der Waals surface area (Å²) in [7, 11) is 0. The molecule has 0 radical (unpaired) electrons. The highest BCUT2D eigenvalue weighted by Crippen LogP contribution is 2.17. The average Bonchev–Trinajstić information content (AvgIpc) is 2.20. The fraction of sp³-hybridized carbons (Fsp3) is 0.167. The number of rotatable bonds is 1. The maximum atomic E-state index is 12.9. The van der Waals surface area contributed by atoms with Gasteiger partial charge in [0.05, 0.1) is 23.7 Å². The fourth-order valence-electron chi connectivity index (χ4n) is 1.54. The Kier molecular flexibility index (Phi) is 2.34. The summed E-state index contributed by atoms with van der Waals surface area (Å²) in [5.74, 6) is -0.304. The molecule has 1 aromatic carbocycles. The number of nitriles is 1. The van der Waals surface area contributed by atoms with E-state index >= 15 is 0 Å². The van der Waals surface area contributed by atoms with Gasteiger partial charge in [-0.05, 0) is 30.7 Å². The lowest BCUT2D eigenvalue weighted by Gasteiger charge is -2.03. The minimum absolute atomic E-state index is 0.262. The number of aromatic nitrogens is 1. The van der Waals surface area contributed by atoms with Gasteiger partial charge < -0.3 is 0 Å². The molecule has 15 heavy (non-hydrogen) atoms. The molecule has 0 fully saturated rings. The van der Waals surface area contributed by atoms with Crippen molar-refractivity contribution >= 4 is 10.9 Å². The molecular formula is C12H9FN2. The van der Waals surface area contributed by atoms with Crippen LogP contribution >= 0.6 is 0 Å². The zero-order valence-corrected chi connectivity index (χ0v) is 8.29. The Balaban J connectivity index is 2.67. The third kappa shape index (κ3) is 1.79. The predicted octanol–water partition coefficient (Wildman–Crippen LogP) is 2.75. The minimum Gasteiger partial charge on any atom is -0.251 e. The second-order valence-electron chi connectivity index (χ2n) is 3.42. The first kappa shape index (κ1) is 9.60. The van der Waals surface area contributed by atoms with E-state index in [4.69, 9.17) is 5.26 Å². The normalized spacial score (nSPS) is 10.2. The zero-order chi connectivity index (χ0) is 10.8. The van der Waals surface area contributed by atoms with E-state index in [0.717, 1.165) is 16.6 Å². The van der Waals surface area contributed by atoms with Crippen LogP contribution in [-0.2, 0) is 6.42 Å². The van der Waals surface area contributed by atoms with Crippen molar-refractivity contribution in [2.45, 2.75) is 13.3 Å². The summed E-state index contributed by atoms with van der Waals surface area (Å²) in [6.45, 7) is 1.91. The Morgan fingerprint density at radius 1 is 1.40 bits per heavy atom. The van der Waals surface area contributed by atoms with Gasteiger partial charge in [0, 0.05) is 11.5 Å². The first-order valence-electron chi connectivity index (χ1n) is 4.63. The minimum atomic E-state index is -0.304.